The monoisotopic (exact) mass is 433 g/mol. The van der Waals surface area contributed by atoms with E-state index in [2.05, 4.69) is 21.9 Å². The first kappa shape index (κ1) is 22.6. The van der Waals surface area contributed by atoms with Crippen LogP contribution in [-0.4, -0.2) is 67.5 Å². The Kier molecular flexibility index (Phi) is 7.78. The Morgan fingerprint density at radius 1 is 0.933 bits per heavy atom. The molecule has 0 spiro atoms. The Morgan fingerprint density at radius 2 is 1.57 bits per heavy atom. The van der Waals surface area contributed by atoms with E-state index in [1.54, 1.807) is 0 Å². The number of amides is 2. The highest BCUT2D eigenvalue weighted by molar-refractivity contribution is 6.05. The highest BCUT2D eigenvalue weighted by Crippen LogP contribution is 2.35. The number of anilines is 1. The quantitative estimate of drug-likeness (QED) is 0.488. The Morgan fingerprint density at radius 3 is 2.20 bits per heavy atom. The van der Waals surface area contributed by atoms with Crippen molar-refractivity contribution in [2.45, 2.75) is 26.2 Å². The number of likely N-dealkylation sites (tertiary alicyclic amines) is 1. The third-order valence-corrected chi connectivity index (χ3v) is 6.33. The third-order valence-electron chi connectivity index (χ3n) is 6.33. The molecule has 0 N–H and O–H groups in total. The van der Waals surface area contributed by atoms with Crippen molar-refractivity contribution in [2.24, 2.45) is 11.8 Å². The lowest BCUT2D eigenvalue weighted by molar-refractivity contribution is -0.140. The van der Waals surface area contributed by atoms with Crippen LogP contribution in [0.2, 0.25) is 0 Å². The predicted octanol–water partition coefficient (Wildman–Crippen LogP) is 2.97. The molecule has 2 unspecified atom stereocenters. The summed E-state index contributed by atoms with van der Waals surface area (Å²) in [5, 5.41) is 0. The fourth-order valence-electron chi connectivity index (χ4n) is 4.75. The first-order valence-corrected chi connectivity index (χ1v) is 10.9. The number of para-hydroxylation sites is 2. The molecule has 1 aliphatic carbocycles. The van der Waals surface area contributed by atoms with Crippen molar-refractivity contribution in [1.29, 1.82) is 0 Å². The van der Waals surface area contributed by atoms with E-state index in [4.69, 9.17) is 4.74 Å². The van der Waals surface area contributed by atoms with Gasteiger partial charge in [-0.25, -0.2) is 0 Å². The van der Waals surface area contributed by atoms with Gasteiger partial charge in [0.25, 0.3) is 0 Å². The number of hydrogen-bond acceptors (Lipinski definition) is 5. The van der Waals surface area contributed by atoms with Gasteiger partial charge in [0, 0.05) is 32.7 Å². The van der Waals surface area contributed by atoms with Gasteiger partial charge in [-0.3, -0.25) is 19.4 Å². The summed E-state index contributed by atoms with van der Waals surface area (Å²) >= 11 is 0. The van der Waals surface area contributed by atoms with E-state index >= 15 is 0 Å². The average Bonchev–Trinajstić information content (AvgIpc) is 3.00. The second-order valence-electron chi connectivity index (χ2n) is 8.07. The molecule has 0 bridgehead atoms. The Labute approximate surface area is 185 Å². The molecule has 6 nitrogen and oxygen atoms in total. The van der Waals surface area contributed by atoms with Gasteiger partial charge in [-0.15, -0.1) is 12.4 Å². The number of piperazine rings is 1. The molecular formula is C23H32ClN3O3. The highest BCUT2D eigenvalue weighted by atomic mass is 35.5. The Hall–Kier alpha value is -2.05. The number of fused-ring (bicyclic) bond motifs is 1. The van der Waals surface area contributed by atoms with Gasteiger partial charge in [-0.05, 0) is 44.9 Å². The minimum absolute atomic E-state index is 0. The molecule has 0 aromatic heterocycles. The SMILES string of the molecule is CCOc1ccccc1N1CCN(CCCN2C(=O)C3CC=CCC3C2=O)CC1.Cl. The summed E-state index contributed by atoms with van der Waals surface area (Å²) in [6.45, 7) is 8.04. The van der Waals surface area contributed by atoms with Crippen LogP contribution in [0, 0.1) is 11.8 Å². The number of nitrogens with zero attached hydrogens (tertiary/aromatic N) is 3. The number of rotatable bonds is 7. The van der Waals surface area contributed by atoms with Gasteiger partial charge < -0.3 is 9.64 Å². The van der Waals surface area contributed by atoms with Crippen LogP contribution in [0.4, 0.5) is 5.69 Å². The summed E-state index contributed by atoms with van der Waals surface area (Å²) < 4.78 is 5.77. The van der Waals surface area contributed by atoms with Gasteiger partial charge in [0.2, 0.25) is 11.8 Å². The number of imide groups is 1. The molecule has 7 heteroatoms. The summed E-state index contributed by atoms with van der Waals surface area (Å²) in [6.07, 6.45) is 6.37. The average molecular weight is 434 g/mol. The normalized spacial score (nSPS) is 24.0. The topological polar surface area (TPSA) is 53.1 Å². The molecule has 2 heterocycles. The standard InChI is InChI=1S/C23H31N3O3.ClH/c1-2-29-21-11-6-5-10-20(21)25-16-14-24(15-17-25)12-7-13-26-22(27)18-8-3-4-9-19(18)23(26)28;/h3-6,10-11,18-19H,2,7-9,12-17H2,1H3;1H. The molecule has 2 saturated heterocycles. The predicted molar refractivity (Wildman–Crippen MR) is 120 cm³/mol. The summed E-state index contributed by atoms with van der Waals surface area (Å²) in [5.41, 5.74) is 1.17. The van der Waals surface area contributed by atoms with Crippen molar-refractivity contribution in [3.63, 3.8) is 0 Å². The second kappa shape index (κ2) is 10.3. The van der Waals surface area contributed by atoms with Crippen LogP contribution < -0.4 is 9.64 Å². The van der Waals surface area contributed by atoms with E-state index < -0.39 is 0 Å². The lowest BCUT2D eigenvalue weighted by Crippen LogP contribution is -2.47. The maximum Gasteiger partial charge on any atom is 0.233 e. The van der Waals surface area contributed by atoms with Crippen molar-refractivity contribution >= 4 is 29.9 Å². The lowest BCUT2D eigenvalue weighted by atomic mass is 9.85. The molecule has 3 aliphatic rings. The Bertz CT molecular complexity index is 751. The van der Waals surface area contributed by atoms with Crippen LogP contribution in [0.5, 0.6) is 5.75 Å². The van der Waals surface area contributed by atoms with E-state index in [0.29, 0.717) is 13.2 Å². The molecule has 2 atom stereocenters. The first-order chi connectivity index (χ1) is 14.2. The number of carbonyl (C=O) groups excluding carboxylic acids is 2. The molecule has 0 radical (unpaired) electrons. The van der Waals surface area contributed by atoms with Crippen molar-refractivity contribution in [3.8, 4) is 5.75 Å². The van der Waals surface area contributed by atoms with E-state index in [1.165, 1.54) is 10.6 Å². The van der Waals surface area contributed by atoms with Crippen molar-refractivity contribution in [3.05, 3.63) is 36.4 Å². The fourth-order valence-corrected chi connectivity index (χ4v) is 4.75. The van der Waals surface area contributed by atoms with Gasteiger partial charge in [-0.2, -0.15) is 0 Å². The molecule has 2 fully saturated rings. The van der Waals surface area contributed by atoms with E-state index in [1.807, 2.05) is 31.2 Å². The summed E-state index contributed by atoms with van der Waals surface area (Å²) in [6, 6.07) is 8.22. The first-order valence-electron chi connectivity index (χ1n) is 10.9. The number of halogens is 1. The van der Waals surface area contributed by atoms with E-state index in [-0.39, 0.29) is 36.1 Å². The minimum Gasteiger partial charge on any atom is -0.492 e. The van der Waals surface area contributed by atoms with Crippen molar-refractivity contribution in [1.82, 2.24) is 9.80 Å². The number of benzene rings is 1. The lowest BCUT2D eigenvalue weighted by Gasteiger charge is -2.36. The third kappa shape index (κ3) is 4.65. The molecule has 1 aromatic carbocycles. The number of ether oxygens (including phenoxy) is 1. The maximum absolute atomic E-state index is 12.6. The number of allylic oxidation sites excluding steroid dienone is 2. The smallest absolute Gasteiger partial charge is 0.233 e. The highest BCUT2D eigenvalue weighted by Gasteiger charge is 2.46. The summed E-state index contributed by atoms with van der Waals surface area (Å²) in [5.74, 6) is 0.816. The van der Waals surface area contributed by atoms with Gasteiger partial charge in [0.15, 0.2) is 0 Å². The molecule has 164 valence electrons. The second-order valence-corrected chi connectivity index (χ2v) is 8.07. The van der Waals surface area contributed by atoms with E-state index in [0.717, 1.165) is 57.7 Å². The summed E-state index contributed by atoms with van der Waals surface area (Å²) in [7, 11) is 0. The number of carbonyl (C=O) groups is 2. The van der Waals surface area contributed by atoms with Crippen LogP contribution in [-0.2, 0) is 9.59 Å². The van der Waals surface area contributed by atoms with Crippen LogP contribution in [0.3, 0.4) is 0 Å². The largest absolute Gasteiger partial charge is 0.492 e. The van der Waals surface area contributed by atoms with Crippen LogP contribution in [0.25, 0.3) is 0 Å². The van der Waals surface area contributed by atoms with Crippen LogP contribution in [0.15, 0.2) is 36.4 Å². The molecule has 2 amide bonds. The zero-order chi connectivity index (χ0) is 20.2. The van der Waals surface area contributed by atoms with Gasteiger partial charge in [-0.1, -0.05) is 24.3 Å². The maximum atomic E-state index is 12.6. The van der Waals surface area contributed by atoms with Crippen molar-refractivity contribution < 1.29 is 14.3 Å². The van der Waals surface area contributed by atoms with Crippen LogP contribution in [0.1, 0.15) is 26.2 Å². The van der Waals surface area contributed by atoms with E-state index in [9.17, 15) is 9.59 Å². The van der Waals surface area contributed by atoms with Gasteiger partial charge in [0.1, 0.15) is 5.75 Å². The fraction of sp³-hybridized carbons (Fsp3) is 0.565. The molecule has 2 aliphatic heterocycles. The zero-order valence-electron chi connectivity index (χ0n) is 17.7. The molecule has 4 rings (SSSR count). The van der Waals surface area contributed by atoms with Crippen molar-refractivity contribution in [2.75, 3.05) is 50.8 Å². The van der Waals surface area contributed by atoms with Gasteiger partial charge in [0.05, 0.1) is 24.1 Å². The van der Waals surface area contributed by atoms with Gasteiger partial charge >= 0.3 is 0 Å². The van der Waals surface area contributed by atoms with Crippen LogP contribution >= 0.6 is 12.4 Å². The molecular weight excluding hydrogens is 402 g/mol. The molecule has 0 saturated carbocycles. The molecule has 30 heavy (non-hydrogen) atoms. The minimum atomic E-state index is -0.110. The summed E-state index contributed by atoms with van der Waals surface area (Å²) in [4.78, 5) is 31.4. The number of hydrogen-bond donors (Lipinski definition) is 0. The Balaban J connectivity index is 0.00000256. The molecule has 1 aromatic rings. The zero-order valence-corrected chi connectivity index (χ0v) is 18.5.